The molecule has 2 aliphatic heterocycles. The molecule has 16 nitrogen and oxygen atoms in total. The lowest BCUT2D eigenvalue weighted by Crippen LogP contribution is -2.61. The average molecular weight is 761 g/mol. The monoisotopic (exact) mass is 760 g/mol. The zero-order chi connectivity index (χ0) is 39.8. The Hall–Kier alpha value is -5.41. The van der Waals surface area contributed by atoms with Gasteiger partial charge in [0.05, 0.1) is 12.2 Å². The van der Waals surface area contributed by atoms with E-state index in [0.29, 0.717) is 25.9 Å². The molecule has 2 aromatic rings. The summed E-state index contributed by atoms with van der Waals surface area (Å²) in [5, 5.41) is 10.8. The number of amides is 6. The number of rotatable bonds is 15. The standard InChI is InChI=1S/C39H52N8O8/c1-6-9-27(33(48)37(52)42-26-12-13-26)43-36(51)32-29(55-39(54)46-18-14-24-10-7-8-11-25(24)21-46)15-19-47(32)38(53)31(23(4)5)45-35(50)30(22(2)3)44-34(49)28-20-40-16-17-41-28/h7-8,10-11,16-17,20,22-23,26-27,29-32H,6,9,12-15,18-19,21H2,1-5H3,(H,42,52)(H,43,51)(H,44,49)(H,45,50)/t27-,29+,30-,31+,32-/m0/s1. The zero-order valence-electron chi connectivity index (χ0n) is 32.1. The third-order valence-corrected chi connectivity index (χ3v) is 10.1. The van der Waals surface area contributed by atoms with Gasteiger partial charge in [0.1, 0.15) is 29.9 Å². The fourth-order valence-electron chi connectivity index (χ4n) is 6.86. The van der Waals surface area contributed by atoms with Crippen molar-refractivity contribution in [3.05, 3.63) is 59.7 Å². The number of ether oxygens (including phenoxy) is 1. The van der Waals surface area contributed by atoms with Crippen LogP contribution in [0.25, 0.3) is 0 Å². The second-order valence-corrected chi connectivity index (χ2v) is 15.1. The van der Waals surface area contributed by atoms with E-state index in [2.05, 4.69) is 31.2 Å². The lowest BCUT2D eigenvalue weighted by atomic mass is 9.98. The molecule has 1 aromatic carbocycles. The highest BCUT2D eigenvalue weighted by atomic mass is 16.6. The Labute approximate surface area is 320 Å². The van der Waals surface area contributed by atoms with Crippen LogP contribution in [-0.4, -0.2) is 111 Å². The van der Waals surface area contributed by atoms with Crippen molar-refractivity contribution in [2.45, 2.75) is 116 Å². The summed E-state index contributed by atoms with van der Waals surface area (Å²) in [7, 11) is 0. The molecule has 0 radical (unpaired) electrons. The summed E-state index contributed by atoms with van der Waals surface area (Å²) in [5.74, 6) is -5.05. The summed E-state index contributed by atoms with van der Waals surface area (Å²) >= 11 is 0. The summed E-state index contributed by atoms with van der Waals surface area (Å²) in [6.45, 7) is 9.48. The fraction of sp³-hybridized carbons (Fsp3) is 0.564. The molecule has 0 unspecified atom stereocenters. The van der Waals surface area contributed by atoms with Gasteiger partial charge in [-0.1, -0.05) is 65.3 Å². The SMILES string of the molecule is CCC[C@H](NC(=O)[C@@H]1[C@H](OC(=O)N2CCc3ccccc3C2)CCN1C(=O)[C@H](NC(=O)[C@@H](NC(=O)c1cnccn1)C(C)C)C(C)C)C(=O)C(=O)NC1CC1. The van der Waals surface area contributed by atoms with Crippen LogP contribution in [0.1, 0.15) is 88.3 Å². The molecule has 0 bridgehead atoms. The first-order valence-corrected chi connectivity index (χ1v) is 19.1. The summed E-state index contributed by atoms with van der Waals surface area (Å²) in [4.78, 5) is 106. The Morgan fingerprint density at radius 3 is 2.22 bits per heavy atom. The third kappa shape index (κ3) is 10.2. The smallest absolute Gasteiger partial charge is 0.410 e. The molecule has 2 fully saturated rings. The molecule has 1 aromatic heterocycles. The summed E-state index contributed by atoms with van der Waals surface area (Å²) < 4.78 is 5.99. The number of nitrogens with one attached hydrogen (secondary N) is 4. The Morgan fingerprint density at radius 2 is 1.58 bits per heavy atom. The van der Waals surface area contributed by atoms with E-state index in [4.69, 9.17) is 4.74 Å². The van der Waals surface area contributed by atoms with Crippen molar-refractivity contribution >= 4 is 41.4 Å². The minimum atomic E-state index is -1.37. The number of benzene rings is 1. The third-order valence-electron chi connectivity index (χ3n) is 10.1. The molecule has 1 saturated carbocycles. The van der Waals surface area contributed by atoms with E-state index < -0.39 is 77.6 Å². The lowest BCUT2D eigenvalue weighted by Gasteiger charge is -2.34. The first kappa shape index (κ1) is 40.8. The van der Waals surface area contributed by atoms with Crippen LogP contribution in [0.5, 0.6) is 0 Å². The highest BCUT2D eigenvalue weighted by Crippen LogP contribution is 2.27. The van der Waals surface area contributed by atoms with Crippen molar-refractivity contribution in [3.63, 3.8) is 0 Å². The van der Waals surface area contributed by atoms with E-state index in [9.17, 15) is 33.6 Å². The second kappa shape index (κ2) is 18.3. The lowest BCUT2D eigenvalue weighted by molar-refractivity contribution is -0.146. The predicted molar refractivity (Wildman–Crippen MR) is 199 cm³/mol. The fourth-order valence-corrected chi connectivity index (χ4v) is 6.86. The summed E-state index contributed by atoms with van der Waals surface area (Å²) in [5.41, 5.74) is 2.13. The molecule has 5 atom stereocenters. The average Bonchev–Trinajstić information content (AvgIpc) is 3.90. The maximum atomic E-state index is 14.5. The molecule has 296 valence electrons. The van der Waals surface area contributed by atoms with Crippen LogP contribution < -0.4 is 21.3 Å². The predicted octanol–water partition coefficient (Wildman–Crippen LogP) is 1.67. The topological polar surface area (TPSA) is 209 Å². The summed E-state index contributed by atoms with van der Waals surface area (Å²) in [6, 6.07) is 2.98. The van der Waals surface area contributed by atoms with E-state index in [1.54, 1.807) is 32.6 Å². The van der Waals surface area contributed by atoms with Crippen LogP contribution in [-0.2, 0) is 41.7 Å². The first-order valence-electron chi connectivity index (χ1n) is 19.1. The van der Waals surface area contributed by atoms with Crippen LogP contribution in [0, 0.1) is 11.8 Å². The Bertz CT molecular complexity index is 1750. The first-order chi connectivity index (χ1) is 26.3. The number of likely N-dealkylation sites (tertiary alicyclic amines) is 1. The van der Waals surface area contributed by atoms with Gasteiger partial charge in [-0.15, -0.1) is 0 Å². The van der Waals surface area contributed by atoms with Gasteiger partial charge in [-0.3, -0.25) is 33.8 Å². The van der Waals surface area contributed by atoms with Gasteiger partial charge in [0.25, 0.3) is 11.8 Å². The van der Waals surface area contributed by atoms with Crippen molar-refractivity contribution < 1.29 is 38.3 Å². The number of fused-ring (bicyclic) bond motifs is 1. The van der Waals surface area contributed by atoms with Crippen molar-refractivity contribution in [1.29, 1.82) is 0 Å². The number of hydrogen-bond donors (Lipinski definition) is 4. The van der Waals surface area contributed by atoms with Crippen molar-refractivity contribution in [2.24, 2.45) is 11.8 Å². The molecule has 0 spiro atoms. The van der Waals surface area contributed by atoms with Gasteiger partial charge in [-0.25, -0.2) is 9.78 Å². The van der Waals surface area contributed by atoms with Crippen molar-refractivity contribution in [1.82, 2.24) is 41.0 Å². The van der Waals surface area contributed by atoms with Gasteiger partial charge in [-0.2, -0.15) is 0 Å². The van der Waals surface area contributed by atoms with E-state index in [1.807, 2.05) is 31.2 Å². The quantitative estimate of drug-likeness (QED) is 0.193. The van der Waals surface area contributed by atoms with E-state index in [-0.39, 0.29) is 37.0 Å². The van der Waals surface area contributed by atoms with Crippen LogP contribution in [0.3, 0.4) is 0 Å². The van der Waals surface area contributed by atoms with Gasteiger partial charge < -0.3 is 35.8 Å². The summed E-state index contributed by atoms with van der Waals surface area (Å²) in [6.07, 6.45) is 5.23. The number of ketones is 1. The van der Waals surface area contributed by atoms with Crippen LogP contribution in [0.15, 0.2) is 42.9 Å². The molecule has 1 aliphatic carbocycles. The highest BCUT2D eigenvalue weighted by molar-refractivity contribution is 6.38. The minimum absolute atomic E-state index is 0.00235. The van der Waals surface area contributed by atoms with Gasteiger partial charge >= 0.3 is 6.09 Å². The van der Waals surface area contributed by atoms with E-state index in [1.165, 1.54) is 23.5 Å². The van der Waals surface area contributed by atoms with Crippen molar-refractivity contribution in [3.8, 4) is 0 Å². The Morgan fingerprint density at radius 1 is 0.873 bits per heavy atom. The molecule has 16 heteroatoms. The number of carbonyl (C=O) groups excluding carboxylic acids is 7. The number of Topliss-reactive ketones (excluding diaryl/α,β-unsaturated/α-hetero) is 1. The van der Waals surface area contributed by atoms with Crippen LogP contribution in [0.4, 0.5) is 4.79 Å². The molecule has 1 saturated heterocycles. The normalized spacial score (nSPS) is 19.5. The van der Waals surface area contributed by atoms with E-state index >= 15 is 0 Å². The number of nitrogens with zero attached hydrogens (tertiary/aromatic N) is 4. The molecular formula is C39H52N8O8. The molecule has 6 amide bonds. The molecule has 4 N–H and O–H groups in total. The molecule has 3 aliphatic rings. The van der Waals surface area contributed by atoms with Gasteiger partial charge in [0.15, 0.2) is 0 Å². The van der Waals surface area contributed by atoms with Crippen LogP contribution in [0.2, 0.25) is 0 Å². The van der Waals surface area contributed by atoms with Gasteiger partial charge in [0.2, 0.25) is 23.5 Å². The Kier molecular flexibility index (Phi) is 13.5. The minimum Gasteiger partial charge on any atom is -0.443 e. The zero-order valence-corrected chi connectivity index (χ0v) is 32.1. The molecule has 5 rings (SSSR count). The highest BCUT2D eigenvalue weighted by Gasteiger charge is 2.48. The number of carbonyl (C=O) groups is 7. The van der Waals surface area contributed by atoms with Crippen LogP contribution >= 0.6 is 0 Å². The van der Waals surface area contributed by atoms with Crippen molar-refractivity contribution in [2.75, 3.05) is 13.1 Å². The number of hydrogen-bond acceptors (Lipinski definition) is 10. The molecule has 3 heterocycles. The maximum absolute atomic E-state index is 14.5. The Balaban J connectivity index is 1.36. The van der Waals surface area contributed by atoms with Gasteiger partial charge in [-0.05, 0) is 48.6 Å². The number of aromatic nitrogens is 2. The van der Waals surface area contributed by atoms with E-state index in [0.717, 1.165) is 24.0 Å². The largest absolute Gasteiger partial charge is 0.443 e. The maximum Gasteiger partial charge on any atom is 0.410 e. The van der Waals surface area contributed by atoms with Gasteiger partial charge in [0, 0.05) is 44.5 Å². The second-order valence-electron chi connectivity index (χ2n) is 15.1. The molecular weight excluding hydrogens is 708 g/mol. The molecule has 55 heavy (non-hydrogen) atoms.